The topological polar surface area (TPSA) is 55.1 Å². The van der Waals surface area contributed by atoms with Gasteiger partial charge in [0.1, 0.15) is 0 Å². The van der Waals surface area contributed by atoms with Crippen molar-refractivity contribution in [2.24, 2.45) is 16.8 Å². The van der Waals surface area contributed by atoms with E-state index in [1.54, 1.807) is 0 Å². The van der Waals surface area contributed by atoms with Crippen molar-refractivity contribution in [3.63, 3.8) is 0 Å². The van der Waals surface area contributed by atoms with E-state index in [4.69, 9.17) is 5.50 Å². The summed E-state index contributed by atoms with van der Waals surface area (Å²) in [7, 11) is -2.82. The van der Waals surface area contributed by atoms with Crippen molar-refractivity contribution >= 4 is 13.1 Å². The summed E-state index contributed by atoms with van der Waals surface area (Å²) < 4.78 is 12.8. The van der Waals surface area contributed by atoms with E-state index < -0.39 is 7.44 Å². The maximum absolute atomic E-state index is 12.8. The highest BCUT2D eigenvalue weighted by molar-refractivity contribution is 7.63. The van der Waals surface area contributed by atoms with E-state index in [-0.39, 0.29) is 5.66 Å². The molecule has 3 nitrogen and oxygen atoms in total. The largest absolute Gasteiger partial charge is 0.325 e. The van der Waals surface area contributed by atoms with Crippen molar-refractivity contribution in [2.45, 2.75) is 52.1 Å². The predicted molar refractivity (Wildman–Crippen MR) is 87.1 cm³/mol. The Balaban J connectivity index is 1.97. The van der Waals surface area contributed by atoms with Crippen molar-refractivity contribution in [1.82, 2.24) is 0 Å². The zero-order chi connectivity index (χ0) is 14.8. The standard InChI is InChI=1S/C16H27N2OP/c1-16(2,3)13-9-11-15(12-10-13)20(17,19)18-14-7-5-4-6-8-14/h4-8,13,15H,9-12H2,1-3H3,(H3,17,18,19). The van der Waals surface area contributed by atoms with Crippen LogP contribution in [0.2, 0.25) is 0 Å². The van der Waals surface area contributed by atoms with Crippen LogP contribution in [0.25, 0.3) is 0 Å². The molecule has 112 valence electrons. The summed E-state index contributed by atoms with van der Waals surface area (Å²) in [6.07, 6.45) is 4.20. The van der Waals surface area contributed by atoms with E-state index in [0.29, 0.717) is 5.41 Å². The van der Waals surface area contributed by atoms with Crippen molar-refractivity contribution in [1.29, 1.82) is 0 Å². The second-order valence-corrected chi connectivity index (χ2v) is 9.43. The lowest BCUT2D eigenvalue weighted by molar-refractivity contribution is 0.180. The summed E-state index contributed by atoms with van der Waals surface area (Å²) in [5, 5.41) is 3.07. The molecule has 0 amide bonds. The normalized spacial score (nSPS) is 26.8. The number of nitrogens with two attached hydrogens (primary N) is 1. The van der Waals surface area contributed by atoms with Crippen LogP contribution < -0.4 is 10.6 Å². The lowest BCUT2D eigenvalue weighted by Crippen LogP contribution is -2.30. The number of nitrogens with one attached hydrogen (secondary N) is 1. The first-order chi connectivity index (χ1) is 9.29. The zero-order valence-corrected chi connectivity index (χ0v) is 13.7. The molecule has 1 fully saturated rings. The van der Waals surface area contributed by atoms with Gasteiger partial charge in [0, 0.05) is 11.3 Å². The molecule has 20 heavy (non-hydrogen) atoms. The van der Waals surface area contributed by atoms with E-state index in [2.05, 4.69) is 25.9 Å². The average molecular weight is 294 g/mol. The van der Waals surface area contributed by atoms with E-state index in [1.807, 2.05) is 30.3 Å². The Morgan fingerprint density at radius 3 is 2.15 bits per heavy atom. The number of para-hydroxylation sites is 1. The molecule has 1 saturated carbocycles. The van der Waals surface area contributed by atoms with E-state index in [0.717, 1.165) is 37.3 Å². The monoisotopic (exact) mass is 294 g/mol. The third kappa shape index (κ3) is 3.86. The SMILES string of the molecule is CC(C)(C)C1CCC(P(N)(=O)Nc2ccccc2)CC1. The van der Waals surface area contributed by atoms with Gasteiger partial charge in [-0.3, -0.25) is 10.1 Å². The molecule has 0 aliphatic heterocycles. The second-order valence-electron chi connectivity index (χ2n) is 7.06. The molecule has 4 heteroatoms. The molecule has 3 N–H and O–H groups in total. The fraction of sp³-hybridized carbons (Fsp3) is 0.625. The summed E-state index contributed by atoms with van der Waals surface area (Å²) in [6.45, 7) is 6.88. The van der Waals surface area contributed by atoms with Gasteiger partial charge in [0.05, 0.1) is 0 Å². The fourth-order valence-electron chi connectivity index (χ4n) is 3.13. The van der Waals surface area contributed by atoms with Gasteiger partial charge in [-0.1, -0.05) is 39.0 Å². The molecule has 1 aliphatic carbocycles. The summed E-state index contributed by atoms with van der Waals surface area (Å²) in [5.74, 6) is 0.718. The highest BCUT2D eigenvalue weighted by Crippen LogP contribution is 2.51. The summed E-state index contributed by atoms with van der Waals surface area (Å²) in [4.78, 5) is 0. The minimum absolute atomic E-state index is 0.112. The number of benzene rings is 1. The number of hydrogen-bond acceptors (Lipinski definition) is 1. The molecule has 0 spiro atoms. The zero-order valence-electron chi connectivity index (χ0n) is 12.8. The fourth-order valence-corrected chi connectivity index (χ4v) is 4.93. The number of hydrogen-bond donors (Lipinski definition) is 2. The molecule has 0 heterocycles. The Morgan fingerprint density at radius 1 is 1.10 bits per heavy atom. The second kappa shape index (κ2) is 5.91. The van der Waals surface area contributed by atoms with Crippen molar-refractivity contribution in [2.75, 3.05) is 5.09 Å². The van der Waals surface area contributed by atoms with Gasteiger partial charge < -0.3 is 5.09 Å². The molecular formula is C16H27N2OP. The van der Waals surface area contributed by atoms with Gasteiger partial charge in [-0.2, -0.15) is 0 Å². The van der Waals surface area contributed by atoms with Crippen molar-refractivity contribution < 1.29 is 4.57 Å². The molecule has 0 aromatic heterocycles. The molecule has 0 radical (unpaired) electrons. The maximum atomic E-state index is 12.8. The third-order valence-corrected chi connectivity index (χ3v) is 6.75. The average Bonchev–Trinajstić information content (AvgIpc) is 2.38. The molecule has 1 atom stereocenters. The molecule has 2 rings (SSSR count). The Kier molecular flexibility index (Phi) is 4.61. The van der Waals surface area contributed by atoms with Crippen molar-refractivity contribution in [3.05, 3.63) is 30.3 Å². The van der Waals surface area contributed by atoms with E-state index in [1.165, 1.54) is 0 Å². The van der Waals surface area contributed by atoms with Gasteiger partial charge in [0.15, 0.2) is 0 Å². The third-order valence-electron chi connectivity index (χ3n) is 4.54. The maximum Gasteiger partial charge on any atom is 0.234 e. The first-order valence-electron chi connectivity index (χ1n) is 7.50. The lowest BCUT2D eigenvalue weighted by atomic mass is 9.72. The first kappa shape index (κ1) is 15.6. The smallest absolute Gasteiger partial charge is 0.234 e. The quantitative estimate of drug-likeness (QED) is 0.783. The van der Waals surface area contributed by atoms with Gasteiger partial charge in [-0.25, -0.2) is 0 Å². The van der Waals surface area contributed by atoms with Gasteiger partial charge >= 0.3 is 0 Å². The Hall–Kier alpha value is -0.790. The van der Waals surface area contributed by atoms with Crippen LogP contribution in [-0.2, 0) is 4.57 Å². The molecule has 1 aliphatic rings. The molecular weight excluding hydrogens is 267 g/mol. The van der Waals surface area contributed by atoms with Crippen LogP contribution in [0.3, 0.4) is 0 Å². The highest BCUT2D eigenvalue weighted by Gasteiger charge is 2.36. The minimum Gasteiger partial charge on any atom is -0.325 e. The van der Waals surface area contributed by atoms with E-state index in [9.17, 15) is 4.57 Å². The summed E-state index contributed by atoms with van der Waals surface area (Å²) in [5.41, 5.74) is 7.44. The van der Waals surface area contributed by atoms with Gasteiger partial charge in [-0.15, -0.1) is 0 Å². The van der Waals surface area contributed by atoms with Crippen LogP contribution >= 0.6 is 7.44 Å². The van der Waals surface area contributed by atoms with Gasteiger partial charge in [0.2, 0.25) is 7.44 Å². The number of rotatable bonds is 3. The summed E-state index contributed by atoms with van der Waals surface area (Å²) >= 11 is 0. The van der Waals surface area contributed by atoms with Crippen LogP contribution in [0.5, 0.6) is 0 Å². The molecule has 0 saturated heterocycles. The molecule has 1 unspecified atom stereocenters. The Labute approximate surface area is 122 Å². The van der Waals surface area contributed by atoms with Crippen LogP contribution in [0.1, 0.15) is 46.5 Å². The summed E-state index contributed by atoms with van der Waals surface area (Å²) in [6, 6.07) is 9.64. The minimum atomic E-state index is -2.82. The van der Waals surface area contributed by atoms with E-state index >= 15 is 0 Å². The van der Waals surface area contributed by atoms with Crippen LogP contribution in [0.15, 0.2) is 30.3 Å². The van der Waals surface area contributed by atoms with Gasteiger partial charge in [0.25, 0.3) is 0 Å². The predicted octanol–water partition coefficient (Wildman–Crippen LogP) is 4.86. The first-order valence-corrected chi connectivity index (χ1v) is 9.35. The molecule has 1 aromatic rings. The van der Waals surface area contributed by atoms with Gasteiger partial charge in [-0.05, 0) is 49.1 Å². The van der Waals surface area contributed by atoms with Crippen LogP contribution in [0, 0.1) is 11.3 Å². The molecule has 0 bridgehead atoms. The lowest BCUT2D eigenvalue weighted by Gasteiger charge is -2.38. The van der Waals surface area contributed by atoms with Crippen LogP contribution in [-0.4, -0.2) is 5.66 Å². The Morgan fingerprint density at radius 2 is 1.65 bits per heavy atom. The molecule has 1 aromatic carbocycles. The van der Waals surface area contributed by atoms with Crippen molar-refractivity contribution in [3.8, 4) is 0 Å². The number of anilines is 1. The van der Waals surface area contributed by atoms with Crippen LogP contribution in [0.4, 0.5) is 5.69 Å². The Bertz CT molecular complexity index is 473. The highest BCUT2D eigenvalue weighted by atomic mass is 31.2.